The zero-order valence-corrected chi connectivity index (χ0v) is 20.7. The smallest absolute Gasteiger partial charge is 0.257 e. The fourth-order valence-corrected chi connectivity index (χ4v) is 4.06. The molecule has 2 N–H and O–H groups in total. The molecule has 1 aliphatic heterocycles. The number of fused-ring (bicyclic) bond motifs is 2. The summed E-state index contributed by atoms with van der Waals surface area (Å²) in [5.74, 6) is 1.27. The molecule has 3 aromatic rings. The third-order valence-electron chi connectivity index (χ3n) is 6.06. The lowest BCUT2D eigenvalue weighted by Gasteiger charge is -2.16. The minimum absolute atomic E-state index is 0.0480. The number of pyridine rings is 1. The van der Waals surface area contributed by atoms with Gasteiger partial charge in [0.25, 0.3) is 5.91 Å². The maximum Gasteiger partial charge on any atom is 0.257 e. The number of nitrogens with zero attached hydrogens (tertiary/aromatic N) is 1. The predicted octanol–water partition coefficient (Wildman–Crippen LogP) is 2.24. The van der Waals surface area contributed by atoms with E-state index in [-0.39, 0.29) is 18.3 Å². The van der Waals surface area contributed by atoms with Crippen molar-refractivity contribution in [3.63, 3.8) is 0 Å². The van der Waals surface area contributed by atoms with E-state index < -0.39 is 17.4 Å². The monoisotopic (exact) mass is 495 g/mol. The Labute approximate surface area is 208 Å². The van der Waals surface area contributed by atoms with Crippen molar-refractivity contribution in [2.75, 3.05) is 27.6 Å². The Bertz CT molecular complexity index is 1370. The van der Waals surface area contributed by atoms with E-state index in [1.165, 1.54) is 6.20 Å². The van der Waals surface area contributed by atoms with Gasteiger partial charge in [0.2, 0.25) is 18.1 Å². The molecule has 1 unspecified atom stereocenters. The van der Waals surface area contributed by atoms with Crippen molar-refractivity contribution in [1.82, 2.24) is 15.2 Å². The molecule has 2 amide bonds. The van der Waals surface area contributed by atoms with Crippen molar-refractivity contribution < 1.29 is 28.5 Å². The number of hydrogen-bond donors (Lipinski definition) is 2. The second kappa shape index (κ2) is 10.6. The first kappa shape index (κ1) is 24.9. The van der Waals surface area contributed by atoms with Gasteiger partial charge in [-0.15, -0.1) is 0 Å². The highest BCUT2D eigenvalue weighted by Crippen LogP contribution is 2.35. The molecule has 10 nitrogen and oxygen atoms in total. The predicted molar refractivity (Wildman–Crippen MR) is 133 cm³/mol. The molecule has 0 spiro atoms. The highest BCUT2D eigenvalue weighted by molar-refractivity contribution is 6.00. The van der Waals surface area contributed by atoms with Crippen LogP contribution >= 0.6 is 0 Å². The molecule has 0 saturated carbocycles. The summed E-state index contributed by atoms with van der Waals surface area (Å²) in [6.07, 6.45) is 2.07. The lowest BCUT2D eigenvalue weighted by molar-refractivity contribution is -0.122. The average molecular weight is 496 g/mol. The van der Waals surface area contributed by atoms with Crippen molar-refractivity contribution in [2.45, 2.75) is 32.9 Å². The van der Waals surface area contributed by atoms with Crippen molar-refractivity contribution in [3.05, 3.63) is 57.9 Å². The summed E-state index contributed by atoms with van der Waals surface area (Å²) in [7, 11) is 3.13. The van der Waals surface area contributed by atoms with Crippen LogP contribution in [0, 0.1) is 0 Å². The van der Waals surface area contributed by atoms with Crippen LogP contribution in [0.5, 0.6) is 23.0 Å². The third kappa shape index (κ3) is 4.93. The molecule has 1 atom stereocenters. The van der Waals surface area contributed by atoms with E-state index in [0.29, 0.717) is 53.4 Å². The highest BCUT2D eigenvalue weighted by atomic mass is 16.7. The first-order chi connectivity index (χ1) is 17.4. The summed E-state index contributed by atoms with van der Waals surface area (Å²) in [6, 6.07) is 8.03. The molecule has 2 heterocycles. The number of aryl methyl sites for hydroxylation is 1. The second-order valence-corrected chi connectivity index (χ2v) is 8.31. The number of ether oxygens (including phenoxy) is 4. The van der Waals surface area contributed by atoms with Gasteiger partial charge < -0.3 is 34.1 Å². The number of benzene rings is 2. The van der Waals surface area contributed by atoms with Crippen LogP contribution in [0.15, 0.2) is 41.3 Å². The van der Waals surface area contributed by atoms with Crippen LogP contribution in [0.2, 0.25) is 0 Å². The molecule has 10 heteroatoms. The van der Waals surface area contributed by atoms with Crippen LogP contribution in [-0.4, -0.2) is 50.0 Å². The Morgan fingerprint density at radius 3 is 2.50 bits per heavy atom. The van der Waals surface area contributed by atoms with Gasteiger partial charge in [0.1, 0.15) is 11.6 Å². The Kier molecular flexibility index (Phi) is 7.33. The van der Waals surface area contributed by atoms with E-state index in [1.807, 2.05) is 19.1 Å². The van der Waals surface area contributed by atoms with Gasteiger partial charge in [-0.25, -0.2) is 0 Å². The van der Waals surface area contributed by atoms with Crippen LogP contribution < -0.4 is 35.0 Å². The Balaban J connectivity index is 1.42. The number of rotatable bonds is 9. The molecule has 2 aromatic carbocycles. The number of carbonyl (C=O) groups excluding carboxylic acids is 2. The quantitative estimate of drug-likeness (QED) is 0.468. The van der Waals surface area contributed by atoms with E-state index in [9.17, 15) is 14.4 Å². The van der Waals surface area contributed by atoms with Gasteiger partial charge in [-0.2, -0.15) is 0 Å². The molecule has 1 aromatic heterocycles. The van der Waals surface area contributed by atoms with Crippen molar-refractivity contribution in [2.24, 2.45) is 0 Å². The van der Waals surface area contributed by atoms with Gasteiger partial charge in [-0.3, -0.25) is 14.4 Å². The topological polar surface area (TPSA) is 117 Å². The lowest BCUT2D eigenvalue weighted by atomic mass is 10.1. The van der Waals surface area contributed by atoms with E-state index in [0.717, 1.165) is 5.56 Å². The molecule has 0 saturated heterocycles. The van der Waals surface area contributed by atoms with Crippen LogP contribution in [0.4, 0.5) is 0 Å². The first-order valence-corrected chi connectivity index (χ1v) is 11.6. The summed E-state index contributed by atoms with van der Waals surface area (Å²) >= 11 is 0. The SMILES string of the molecule is CCn1cc(C(=O)NC(C)C(=O)NCCc2ccc(OC)c(OC)c2)c(=O)c2cc3c(cc21)OCO3. The summed E-state index contributed by atoms with van der Waals surface area (Å²) in [5, 5.41) is 5.79. The molecule has 4 rings (SSSR count). The number of hydrogen-bond acceptors (Lipinski definition) is 7. The van der Waals surface area contributed by atoms with Gasteiger partial charge in [0, 0.05) is 25.4 Å². The molecule has 0 aliphatic carbocycles. The standard InChI is InChI=1S/C26H29N3O7/c1-5-29-13-18(24(30)17-11-22-23(12-19(17)29)36-14-35-22)26(32)28-15(2)25(31)27-9-8-16-6-7-20(33-3)21(10-16)34-4/h6-7,10-13,15H,5,8-9,14H2,1-4H3,(H,27,31)(H,28,32). The lowest BCUT2D eigenvalue weighted by Crippen LogP contribution is -2.46. The van der Waals surface area contributed by atoms with Gasteiger partial charge in [-0.05, 0) is 44.0 Å². The van der Waals surface area contributed by atoms with Gasteiger partial charge in [0.15, 0.2) is 23.0 Å². The van der Waals surface area contributed by atoms with Crippen molar-refractivity contribution in [3.8, 4) is 23.0 Å². The molecule has 36 heavy (non-hydrogen) atoms. The van der Waals surface area contributed by atoms with Crippen LogP contribution in [0.1, 0.15) is 29.8 Å². The normalized spacial score (nSPS) is 12.8. The van der Waals surface area contributed by atoms with Crippen LogP contribution in [0.25, 0.3) is 10.9 Å². The number of amides is 2. The number of nitrogens with one attached hydrogen (secondary N) is 2. The molecular formula is C26H29N3O7. The Morgan fingerprint density at radius 1 is 1.08 bits per heavy atom. The summed E-state index contributed by atoms with van der Waals surface area (Å²) in [5.41, 5.74) is 1.12. The molecule has 0 fully saturated rings. The molecule has 0 radical (unpaired) electrons. The third-order valence-corrected chi connectivity index (χ3v) is 6.06. The summed E-state index contributed by atoms with van der Waals surface area (Å²) < 4.78 is 23.1. The molecular weight excluding hydrogens is 466 g/mol. The summed E-state index contributed by atoms with van der Waals surface area (Å²) in [4.78, 5) is 38.7. The largest absolute Gasteiger partial charge is 0.493 e. The van der Waals surface area contributed by atoms with E-state index in [2.05, 4.69) is 10.6 Å². The second-order valence-electron chi connectivity index (χ2n) is 8.31. The van der Waals surface area contributed by atoms with Gasteiger partial charge >= 0.3 is 0 Å². The zero-order valence-electron chi connectivity index (χ0n) is 20.7. The minimum Gasteiger partial charge on any atom is -0.493 e. The van der Waals surface area contributed by atoms with Crippen LogP contribution in [-0.2, 0) is 17.8 Å². The zero-order chi connectivity index (χ0) is 25.8. The van der Waals surface area contributed by atoms with E-state index >= 15 is 0 Å². The molecule has 190 valence electrons. The fourth-order valence-electron chi connectivity index (χ4n) is 4.06. The Morgan fingerprint density at radius 2 is 1.81 bits per heavy atom. The van der Waals surface area contributed by atoms with E-state index in [1.54, 1.807) is 43.9 Å². The molecule has 1 aliphatic rings. The number of carbonyl (C=O) groups is 2. The fraction of sp³-hybridized carbons (Fsp3) is 0.346. The van der Waals surface area contributed by atoms with Gasteiger partial charge in [-0.1, -0.05) is 6.07 Å². The maximum absolute atomic E-state index is 13.1. The van der Waals surface area contributed by atoms with Gasteiger partial charge in [0.05, 0.1) is 25.1 Å². The number of aromatic nitrogens is 1. The average Bonchev–Trinajstić information content (AvgIpc) is 3.35. The Hall–Kier alpha value is -4.21. The molecule has 0 bridgehead atoms. The summed E-state index contributed by atoms with van der Waals surface area (Å²) in [6.45, 7) is 4.45. The number of methoxy groups -OCH3 is 2. The van der Waals surface area contributed by atoms with E-state index in [4.69, 9.17) is 18.9 Å². The van der Waals surface area contributed by atoms with Crippen molar-refractivity contribution in [1.29, 1.82) is 0 Å². The minimum atomic E-state index is -0.843. The van der Waals surface area contributed by atoms with Crippen LogP contribution in [0.3, 0.4) is 0 Å². The first-order valence-electron chi connectivity index (χ1n) is 11.6. The highest BCUT2D eigenvalue weighted by Gasteiger charge is 2.23. The van der Waals surface area contributed by atoms with Crippen molar-refractivity contribution >= 4 is 22.7 Å². The maximum atomic E-state index is 13.1.